The molecular formula is C13H19FN2O4S. The molecule has 0 bridgehead atoms. The minimum absolute atomic E-state index is 0.0697. The molecule has 1 rings (SSSR count). The minimum atomic E-state index is -3.88. The van der Waals surface area contributed by atoms with E-state index in [4.69, 9.17) is 0 Å². The van der Waals surface area contributed by atoms with E-state index in [1.54, 1.807) is 0 Å². The van der Waals surface area contributed by atoms with Gasteiger partial charge in [-0.1, -0.05) is 20.3 Å². The van der Waals surface area contributed by atoms with Gasteiger partial charge in [0.25, 0.3) is 0 Å². The van der Waals surface area contributed by atoms with Crippen molar-refractivity contribution in [1.82, 2.24) is 4.31 Å². The van der Waals surface area contributed by atoms with Crippen LogP contribution in [0.2, 0.25) is 0 Å². The van der Waals surface area contributed by atoms with E-state index in [-0.39, 0.29) is 16.4 Å². The number of nitro benzene ring substituents is 1. The molecule has 6 nitrogen and oxygen atoms in total. The molecule has 21 heavy (non-hydrogen) atoms. The normalized spacial score (nSPS) is 13.4. The summed E-state index contributed by atoms with van der Waals surface area (Å²) in [4.78, 5) is 9.62. The van der Waals surface area contributed by atoms with E-state index in [0.29, 0.717) is 6.54 Å². The standard InChI is InChI=1S/C13H19FN2O4S/c1-5-9(2)8-15(4)21(19,20)11-6-10(3)13(14)12(7-11)16(17)18/h6-7,9H,5,8H2,1-4H3. The molecule has 1 unspecified atom stereocenters. The van der Waals surface area contributed by atoms with Crippen molar-refractivity contribution in [3.63, 3.8) is 0 Å². The van der Waals surface area contributed by atoms with Gasteiger partial charge >= 0.3 is 5.69 Å². The highest BCUT2D eigenvalue weighted by Gasteiger charge is 2.27. The first-order chi connectivity index (χ1) is 9.61. The summed E-state index contributed by atoms with van der Waals surface area (Å²) < 4.78 is 39.6. The Morgan fingerprint density at radius 1 is 1.43 bits per heavy atom. The van der Waals surface area contributed by atoms with Crippen LogP contribution in [0.1, 0.15) is 25.8 Å². The highest BCUT2D eigenvalue weighted by molar-refractivity contribution is 7.89. The van der Waals surface area contributed by atoms with Crippen molar-refractivity contribution in [3.8, 4) is 0 Å². The summed E-state index contributed by atoms with van der Waals surface area (Å²) in [6.45, 7) is 5.45. The molecule has 0 aliphatic rings. The number of hydrogen-bond donors (Lipinski definition) is 0. The van der Waals surface area contributed by atoms with Crippen LogP contribution in [-0.4, -0.2) is 31.2 Å². The number of halogens is 1. The molecule has 0 fully saturated rings. The smallest absolute Gasteiger partial charge is 0.258 e. The number of benzene rings is 1. The molecule has 0 heterocycles. The Morgan fingerprint density at radius 3 is 2.48 bits per heavy atom. The van der Waals surface area contributed by atoms with Crippen molar-refractivity contribution in [1.29, 1.82) is 0 Å². The number of hydrogen-bond acceptors (Lipinski definition) is 4. The SMILES string of the molecule is CCC(C)CN(C)S(=O)(=O)c1cc(C)c(F)c([N+](=O)[O-])c1. The van der Waals surface area contributed by atoms with Crippen molar-refractivity contribution in [2.45, 2.75) is 32.1 Å². The van der Waals surface area contributed by atoms with Crippen LogP contribution in [0.15, 0.2) is 17.0 Å². The highest BCUT2D eigenvalue weighted by Crippen LogP contribution is 2.27. The van der Waals surface area contributed by atoms with Crippen LogP contribution in [-0.2, 0) is 10.0 Å². The fourth-order valence-corrected chi connectivity index (χ4v) is 3.24. The fourth-order valence-electron chi connectivity index (χ4n) is 1.85. The van der Waals surface area contributed by atoms with Gasteiger partial charge in [0, 0.05) is 19.7 Å². The van der Waals surface area contributed by atoms with Crippen LogP contribution >= 0.6 is 0 Å². The van der Waals surface area contributed by atoms with Gasteiger partial charge in [0.2, 0.25) is 15.8 Å². The number of nitrogens with zero attached hydrogens (tertiary/aromatic N) is 2. The van der Waals surface area contributed by atoms with Crippen molar-refractivity contribution in [2.75, 3.05) is 13.6 Å². The van der Waals surface area contributed by atoms with Crippen LogP contribution in [0.4, 0.5) is 10.1 Å². The van der Waals surface area contributed by atoms with Gasteiger partial charge in [-0.15, -0.1) is 0 Å². The lowest BCUT2D eigenvalue weighted by Gasteiger charge is -2.20. The monoisotopic (exact) mass is 318 g/mol. The van der Waals surface area contributed by atoms with E-state index in [2.05, 4.69) is 0 Å². The van der Waals surface area contributed by atoms with Crippen LogP contribution < -0.4 is 0 Å². The van der Waals surface area contributed by atoms with Crippen LogP contribution in [0, 0.1) is 28.8 Å². The quantitative estimate of drug-likeness (QED) is 0.596. The topological polar surface area (TPSA) is 80.5 Å². The molecule has 0 aromatic heterocycles. The molecular weight excluding hydrogens is 299 g/mol. The van der Waals surface area contributed by atoms with Gasteiger partial charge in [-0.2, -0.15) is 4.39 Å². The Morgan fingerprint density at radius 2 is 2.00 bits per heavy atom. The van der Waals surface area contributed by atoms with Crippen LogP contribution in [0.25, 0.3) is 0 Å². The zero-order chi connectivity index (χ0) is 16.4. The van der Waals surface area contributed by atoms with Crippen molar-refractivity contribution in [3.05, 3.63) is 33.6 Å². The average Bonchev–Trinajstić information content (AvgIpc) is 2.40. The molecule has 118 valence electrons. The summed E-state index contributed by atoms with van der Waals surface area (Å²) >= 11 is 0. The van der Waals surface area contributed by atoms with E-state index >= 15 is 0 Å². The maximum Gasteiger partial charge on any atom is 0.306 e. The van der Waals surface area contributed by atoms with Gasteiger partial charge in [-0.05, 0) is 24.5 Å². The van der Waals surface area contributed by atoms with E-state index < -0.39 is 26.5 Å². The summed E-state index contributed by atoms with van der Waals surface area (Å²) in [5.74, 6) is -0.857. The molecule has 0 saturated heterocycles. The molecule has 1 aromatic carbocycles. The predicted octanol–water partition coefficient (Wildman–Crippen LogP) is 2.71. The summed E-state index contributed by atoms with van der Waals surface area (Å²) in [7, 11) is -2.47. The largest absolute Gasteiger partial charge is 0.306 e. The predicted molar refractivity (Wildman–Crippen MR) is 77.1 cm³/mol. The van der Waals surface area contributed by atoms with Gasteiger partial charge in [0.05, 0.1) is 9.82 Å². The maximum atomic E-state index is 13.6. The van der Waals surface area contributed by atoms with Gasteiger partial charge in [-0.3, -0.25) is 10.1 Å². The average molecular weight is 318 g/mol. The van der Waals surface area contributed by atoms with Gasteiger partial charge < -0.3 is 0 Å². The molecule has 0 amide bonds. The molecule has 0 aliphatic heterocycles. The Hall–Kier alpha value is -1.54. The molecule has 1 atom stereocenters. The second-order valence-corrected chi connectivity index (χ2v) is 7.17. The third-order valence-electron chi connectivity index (χ3n) is 3.38. The lowest BCUT2D eigenvalue weighted by Crippen LogP contribution is -2.31. The van der Waals surface area contributed by atoms with E-state index in [0.717, 1.165) is 22.9 Å². The summed E-state index contributed by atoms with van der Waals surface area (Å²) in [5.41, 5.74) is -0.898. The zero-order valence-corrected chi connectivity index (χ0v) is 13.3. The molecule has 1 aromatic rings. The van der Waals surface area contributed by atoms with E-state index in [9.17, 15) is 22.9 Å². The minimum Gasteiger partial charge on any atom is -0.258 e. The lowest BCUT2D eigenvalue weighted by atomic mass is 10.1. The summed E-state index contributed by atoms with van der Waals surface area (Å²) in [6, 6.07) is 1.88. The highest BCUT2D eigenvalue weighted by atomic mass is 32.2. The third-order valence-corrected chi connectivity index (χ3v) is 5.18. The molecule has 0 saturated carbocycles. The first-order valence-electron chi connectivity index (χ1n) is 6.52. The second kappa shape index (κ2) is 6.48. The summed E-state index contributed by atoms with van der Waals surface area (Å²) in [5, 5.41) is 10.8. The first-order valence-corrected chi connectivity index (χ1v) is 7.96. The van der Waals surface area contributed by atoms with Crippen molar-refractivity contribution in [2.24, 2.45) is 5.92 Å². The van der Waals surface area contributed by atoms with Gasteiger partial charge in [0.1, 0.15) is 0 Å². The Balaban J connectivity index is 3.29. The number of rotatable bonds is 6. The van der Waals surface area contributed by atoms with E-state index in [1.807, 2.05) is 13.8 Å². The van der Waals surface area contributed by atoms with Gasteiger partial charge in [0.15, 0.2) is 0 Å². The zero-order valence-electron chi connectivity index (χ0n) is 12.5. The van der Waals surface area contributed by atoms with Crippen molar-refractivity contribution >= 4 is 15.7 Å². The molecule has 0 aliphatic carbocycles. The Labute approximate surface area is 123 Å². The Bertz CT molecular complexity index is 646. The summed E-state index contributed by atoms with van der Waals surface area (Å²) in [6.07, 6.45) is 0.808. The van der Waals surface area contributed by atoms with Crippen LogP contribution in [0.3, 0.4) is 0 Å². The molecule has 0 spiro atoms. The second-order valence-electron chi connectivity index (χ2n) is 5.13. The Kier molecular flexibility index (Phi) is 5.41. The fraction of sp³-hybridized carbons (Fsp3) is 0.538. The third kappa shape index (κ3) is 3.76. The first kappa shape index (κ1) is 17.5. The lowest BCUT2D eigenvalue weighted by molar-refractivity contribution is -0.387. The molecule has 0 N–H and O–H groups in total. The molecule has 8 heteroatoms. The number of sulfonamides is 1. The van der Waals surface area contributed by atoms with E-state index in [1.165, 1.54) is 14.0 Å². The van der Waals surface area contributed by atoms with Gasteiger partial charge in [-0.25, -0.2) is 12.7 Å². The number of nitro groups is 1. The molecule has 0 radical (unpaired) electrons. The van der Waals surface area contributed by atoms with Crippen LogP contribution in [0.5, 0.6) is 0 Å². The van der Waals surface area contributed by atoms with Crippen molar-refractivity contribution < 1.29 is 17.7 Å². The number of aryl methyl sites for hydroxylation is 1. The maximum absolute atomic E-state index is 13.6.